The highest BCUT2D eigenvalue weighted by molar-refractivity contribution is 7.88. The number of anilines is 1. The Hall–Kier alpha value is -2.33. The van der Waals surface area contributed by atoms with Gasteiger partial charge in [-0.05, 0) is 41.5 Å². The van der Waals surface area contributed by atoms with Crippen molar-refractivity contribution in [2.24, 2.45) is 5.92 Å². The van der Waals surface area contributed by atoms with Crippen molar-refractivity contribution in [3.05, 3.63) is 30.6 Å². The first-order chi connectivity index (χ1) is 11.4. The Morgan fingerprint density at radius 3 is 2.67 bits per heavy atom. The number of carbonyl (C=O) groups is 1. The number of rotatable bonds is 4. The summed E-state index contributed by atoms with van der Waals surface area (Å²) in [7, 11) is -3.18. The summed E-state index contributed by atoms with van der Waals surface area (Å²) in [6.07, 6.45) is 3.71. The van der Waals surface area contributed by atoms with Gasteiger partial charge in [-0.25, -0.2) is 17.4 Å². The molecule has 1 saturated heterocycles. The van der Waals surface area contributed by atoms with Crippen LogP contribution >= 0.6 is 0 Å². The molecule has 0 atom stereocenters. The number of aromatic nitrogens is 4. The lowest BCUT2D eigenvalue weighted by Crippen LogP contribution is -2.40. The summed E-state index contributed by atoms with van der Waals surface area (Å²) in [6, 6.07) is 7.20. The summed E-state index contributed by atoms with van der Waals surface area (Å²) >= 11 is 0. The van der Waals surface area contributed by atoms with Crippen LogP contribution in [0.1, 0.15) is 12.8 Å². The molecule has 2 aromatic rings. The quantitative estimate of drug-likeness (QED) is 0.848. The van der Waals surface area contributed by atoms with Crippen LogP contribution in [0.4, 0.5) is 5.69 Å². The maximum Gasteiger partial charge on any atom is 0.227 e. The van der Waals surface area contributed by atoms with Gasteiger partial charge >= 0.3 is 0 Å². The highest BCUT2D eigenvalue weighted by atomic mass is 32.2. The van der Waals surface area contributed by atoms with Gasteiger partial charge in [0.1, 0.15) is 6.33 Å². The molecule has 10 heteroatoms. The van der Waals surface area contributed by atoms with Crippen LogP contribution in [0.2, 0.25) is 0 Å². The number of benzene rings is 1. The number of carbonyl (C=O) groups excluding carboxylic acids is 1. The molecule has 1 aromatic heterocycles. The van der Waals surface area contributed by atoms with E-state index < -0.39 is 10.0 Å². The van der Waals surface area contributed by atoms with Crippen molar-refractivity contribution in [1.29, 1.82) is 0 Å². The van der Waals surface area contributed by atoms with Crippen LogP contribution in [0.3, 0.4) is 0 Å². The normalized spacial score (nSPS) is 16.9. The van der Waals surface area contributed by atoms with Crippen molar-refractivity contribution in [3.8, 4) is 5.69 Å². The highest BCUT2D eigenvalue weighted by Gasteiger charge is 2.28. The molecule has 0 bridgehead atoms. The zero-order valence-electron chi connectivity index (χ0n) is 13.2. The predicted molar refractivity (Wildman–Crippen MR) is 86.9 cm³/mol. The Bertz CT molecular complexity index is 813. The van der Waals surface area contributed by atoms with Gasteiger partial charge in [0.2, 0.25) is 15.9 Å². The van der Waals surface area contributed by atoms with Crippen molar-refractivity contribution in [3.63, 3.8) is 0 Å². The number of piperidine rings is 1. The number of amides is 1. The molecule has 0 spiro atoms. The lowest BCUT2D eigenvalue weighted by molar-refractivity contribution is -0.120. The van der Waals surface area contributed by atoms with E-state index in [0.717, 1.165) is 5.69 Å². The number of hydrogen-bond acceptors (Lipinski definition) is 6. The third-order valence-corrected chi connectivity index (χ3v) is 5.32. The van der Waals surface area contributed by atoms with E-state index in [1.54, 1.807) is 18.2 Å². The van der Waals surface area contributed by atoms with Gasteiger partial charge in [-0.15, -0.1) is 5.10 Å². The predicted octanol–water partition coefficient (Wildman–Crippen LogP) is 0.272. The molecule has 0 saturated carbocycles. The zero-order chi connectivity index (χ0) is 17.2. The fraction of sp³-hybridized carbons (Fsp3) is 0.429. The molecule has 128 valence electrons. The van der Waals surface area contributed by atoms with Crippen LogP contribution in [0.25, 0.3) is 5.69 Å². The largest absolute Gasteiger partial charge is 0.326 e. The number of tetrazole rings is 1. The average molecular weight is 350 g/mol. The summed E-state index contributed by atoms with van der Waals surface area (Å²) < 4.78 is 25.9. The molecule has 0 radical (unpaired) electrons. The van der Waals surface area contributed by atoms with Gasteiger partial charge in [-0.2, -0.15) is 0 Å². The van der Waals surface area contributed by atoms with E-state index in [1.807, 2.05) is 6.07 Å². The van der Waals surface area contributed by atoms with Crippen molar-refractivity contribution < 1.29 is 13.2 Å². The van der Waals surface area contributed by atoms with E-state index in [1.165, 1.54) is 21.6 Å². The molecule has 2 heterocycles. The molecule has 0 aliphatic carbocycles. The third-order valence-electron chi connectivity index (χ3n) is 4.02. The minimum Gasteiger partial charge on any atom is -0.326 e. The lowest BCUT2D eigenvalue weighted by atomic mass is 9.97. The second kappa shape index (κ2) is 6.65. The smallest absolute Gasteiger partial charge is 0.227 e. The zero-order valence-corrected chi connectivity index (χ0v) is 14.0. The Kier molecular flexibility index (Phi) is 4.58. The third kappa shape index (κ3) is 3.77. The molecule has 24 heavy (non-hydrogen) atoms. The van der Waals surface area contributed by atoms with Gasteiger partial charge in [0.25, 0.3) is 0 Å². The van der Waals surface area contributed by atoms with Crippen molar-refractivity contribution in [1.82, 2.24) is 24.5 Å². The van der Waals surface area contributed by atoms with E-state index in [-0.39, 0.29) is 11.8 Å². The maximum absolute atomic E-state index is 12.4. The topological polar surface area (TPSA) is 110 Å². The van der Waals surface area contributed by atoms with Gasteiger partial charge in [-0.3, -0.25) is 4.79 Å². The van der Waals surface area contributed by atoms with Crippen LogP contribution in [0, 0.1) is 5.92 Å². The van der Waals surface area contributed by atoms with Gasteiger partial charge in [0, 0.05) is 24.7 Å². The van der Waals surface area contributed by atoms with Crippen molar-refractivity contribution in [2.75, 3.05) is 24.7 Å². The summed E-state index contributed by atoms with van der Waals surface area (Å²) in [6.45, 7) is 0.753. The molecule has 1 aliphatic heterocycles. The van der Waals surface area contributed by atoms with E-state index >= 15 is 0 Å². The minimum atomic E-state index is -3.18. The molecule has 3 rings (SSSR count). The van der Waals surface area contributed by atoms with Crippen LogP contribution in [0.15, 0.2) is 30.6 Å². The summed E-state index contributed by atoms with van der Waals surface area (Å²) in [5.74, 6) is -0.295. The highest BCUT2D eigenvalue weighted by Crippen LogP contribution is 2.21. The van der Waals surface area contributed by atoms with E-state index in [9.17, 15) is 13.2 Å². The van der Waals surface area contributed by atoms with E-state index in [4.69, 9.17) is 0 Å². The molecular formula is C14H18N6O3S. The molecule has 1 fully saturated rings. The van der Waals surface area contributed by atoms with Crippen molar-refractivity contribution >= 4 is 21.6 Å². The second-order valence-electron chi connectivity index (χ2n) is 5.73. The van der Waals surface area contributed by atoms with Crippen LogP contribution in [0.5, 0.6) is 0 Å². The molecule has 1 aliphatic rings. The Labute approximate surface area is 139 Å². The SMILES string of the molecule is CS(=O)(=O)N1CCC(C(=O)Nc2cccc(-n3cnnn3)c2)CC1. The number of nitrogens with one attached hydrogen (secondary N) is 1. The fourth-order valence-electron chi connectivity index (χ4n) is 2.70. The minimum absolute atomic E-state index is 0.1000. The number of nitrogens with zero attached hydrogens (tertiary/aromatic N) is 5. The average Bonchev–Trinajstić information content (AvgIpc) is 3.09. The molecule has 1 amide bonds. The Morgan fingerprint density at radius 2 is 2.04 bits per heavy atom. The first kappa shape index (κ1) is 16.5. The van der Waals surface area contributed by atoms with E-state index in [2.05, 4.69) is 20.8 Å². The first-order valence-corrected chi connectivity index (χ1v) is 9.38. The molecule has 0 unspecified atom stereocenters. The summed E-state index contributed by atoms with van der Waals surface area (Å²) in [4.78, 5) is 12.4. The monoisotopic (exact) mass is 350 g/mol. The van der Waals surface area contributed by atoms with Gasteiger partial charge in [0.15, 0.2) is 0 Å². The van der Waals surface area contributed by atoms with Crippen molar-refractivity contribution in [2.45, 2.75) is 12.8 Å². The molecule has 1 aromatic carbocycles. The van der Waals surface area contributed by atoms with Crippen LogP contribution < -0.4 is 5.32 Å². The van der Waals surface area contributed by atoms with Crippen LogP contribution in [-0.2, 0) is 14.8 Å². The maximum atomic E-state index is 12.4. The standard InChI is InChI=1S/C14H18N6O3S/c1-24(22,23)19-7-5-11(6-8-19)14(21)16-12-3-2-4-13(9-12)20-10-15-17-18-20/h2-4,9-11H,5-8H2,1H3,(H,16,21). The van der Waals surface area contributed by atoms with E-state index in [0.29, 0.717) is 31.6 Å². The first-order valence-electron chi connectivity index (χ1n) is 7.53. The fourth-order valence-corrected chi connectivity index (χ4v) is 3.57. The molecular weight excluding hydrogens is 332 g/mol. The summed E-state index contributed by atoms with van der Waals surface area (Å²) in [5, 5.41) is 13.8. The number of sulfonamides is 1. The summed E-state index contributed by atoms with van der Waals surface area (Å²) in [5.41, 5.74) is 1.39. The molecule has 9 nitrogen and oxygen atoms in total. The Morgan fingerprint density at radius 1 is 1.29 bits per heavy atom. The Balaban J connectivity index is 1.63. The molecule has 1 N–H and O–H groups in total. The number of hydrogen-bond donors (Lipinski definition) is 1. The second-order valence-corrected chi connectivity index (χ2v) is 7.71. The van der Waals surface area contributed by atoms with Crippen LogP contribution in [-0.4, -0.2) is 58.2 Å². The lowest BCUT2D eigenvalue weighted by Gasteiger charge is -2.29. The van der Waals surface area contributed by atoms with Gasteiger partial charge in [-0.1, -0.05) is 6.07 Å². The van der Waals surface area contributed by atoms with Gasteiger partial charge < -0.3 is 5.32 Å². The van der Waals surface area contributed by atoms with Gasteiger partial charge in [0.05, 0.1) is 11.9 Å².